The Labute approximate surface area is 119 Å². The van der Waals surface area contributed by atoms with Crippen molar-refractivity contribution in [3.63, 3.8) is 0 Å². The number of hydrogen-bond donors (Lipinski definition) is 0. The highest BCUT2D eigenvalue weighted by molar-refractivity contribution is 5.65. The lowest BCUT2D eigenvalue weighted by atomic mass is 10.1. The molecule has 1 saturated heterocycles. The minimum Gasteiger partial charge on any atom is -0.377 e. The van der Waals surface area contributed by atoms with Crippen molar-refractivity contribution in [2.75, 3.05) is 20.2 Å². The van der Waals surface area contributed by atoms with Crippen LogP contribution in [0.1, 0.15) is 24.0 Å². The Morgan fingerprint density at radius 1 is 1.50 bits per heavy atom. The lowest BCUT2D eigenvalue weighted by molar-refractivity contribution is 0.0793. The second kappa shape index (κ2) is 5.66. The molecule has 2 aromatic heterocycles. The maximum Gasteiger partial charge on any atom is 0.102 e. The van der Waals surface area contributed by atoms with E-state index >= 15 is 0 Å². The van der Waals surface area contributed by atoms with Crippen molar-refractivity contribution in [2.45, 2.75) is 25.5 Å². The molecular formula is C16H19N3O. The zero-order chi connectivity index (χ0) is 13.9. The van der Waals surface area contributed by atoms with Crippen LogP contribution < -0.4 is 0 Å². The van der Waals surface area contributed by atoms with Crippen LogP contribution in [0.4, 0.5) is 0 Å². The number of aromatic nitrogens is 1. The molecular weight excluding hydrogens is 250 g/mol. The molecule has 0 aliphatic carbocycles. The molecule has 2 aromatic rings. The molecule has 0 saturated carbocycles. The summed E-state index contributed by atoms with van der Waals surface area (Å²) < 4.78 is 7.69. The van der Waals surface area contributed by atoms with E-state index in [1.807, 2.05) is 28.8 Å². The monoisotopic (exact) mass is 269 g/mol. The molecule has 0 N–H and O–H groups in total. The van der Waals surface area contributed by atoms with Crippen molar-refractivity contribution in [3.05, 3.63) is 41.7 Å². The van der Waals surface area contributed by atoms with Crippen molar-refractivity contribution in [1.29, 1.82) is 5.26 Å². The van der Waals surface area contributed by atoms with Gasteiger partial charge in [-0.05, 0) is 32.0 Å². The molecule has 3 rings (SSSR count). The van der Waals surface area contributed by atoms with Crippen LogP contribution in [0.15, 0.2) is 30.6 Å². The Balaban J connectivity index is 1.78. The third-order valence-corrected chi connectivity index (χ3v) is 3.85. The molecule has 1 fully saturated rings. The molecule has 1 aliphatic heterocycles. The van der Waals surface area contributed by atoms with Crippen molar-refractivity contribution in [3.8, 4) is 6.07 Å². The van der Waals surface area contributed by atoms with E-state index < -0.39 is 0 Å². The van der Waals surface area contributed by atoms with Crippen LogP contribution in [0, 0.1) is 11.3 Å². The summed E-state index contributed by atoms with van der Waals surface area (Å²) in [5, 5.41) is 9.40. The van der Waals surface area contributed by atoms with E-state index in [9.17, 15) is 5.26 Å². The molecule has 4 heteroatoms. The Bertz CT molecular complexity index is 635. The van der Waals surface area contributed by atoms with Gasteiger partial charge in [-0.15, -0.1) is 0 Å². The number of nitriles is 1. The summed E-state index contributed by atoms with van der Waals surface area (Å²) in [6.45, 7) is 2.60. The minimum absolute atomic E-state index is 0.350. The first-order valence-corrected chi connectivity index (χ1v) is 7.07. The summed E-state index contributed by atoms with van der Waals surface area (Å²) in [4.78, 5) is 2.24. The van der Waals surface area contributed by atoms with Gasteiger partial charge in [0.2, 0.25) is 0 Å². The van der Waals surface area contributed by atoms with E-state index in [2.05, 4.69) is 24.2 Å². The smallest absolute Gasteiger partial charge is 0.102 e. The van der Waals surface area contributed by atoms with Gasteiger partial charge in [-0.3, -0.25) is 4.90 Å². The molecule has 3 heterocycles. The number of hydrogen-bond acceptors (Lipinski definition) is 3. The standard InChI is InChI=1S/C16H19N3O/c1-18(12-14-5-4-8-20-14)10-13-11-19-7-3-2-6-16(19)15(13)9-17/h2-3,6-7,11,14H,4-5,8,10,12H2,1H3/t14-/m0/s1. The summed E-state index contributed by atoms with van der Waals surface area (Å²) in [6, 6.07) is 8.28. The number of ether oxygens (including phenoxy) is 1. The van der Waals surface area contributed by atoms with Crippen LogP contribution in [-0.4, -0.2) is 35.6 Å². The van der Waals surface area contributed by atoms with Crippen molar-refractivity contribution >= 4 is 5.52 Å². The molecule has 0 bridgehead atoms. The number of rotatable bonds is 4. The Kier molecular flexibility index (Phi) is 3.72. The number of likely N-dealkylation sites (N-methyl/N-ethyl adjacent to an activating group) is 1. The van der Waals surface area contributed by atoms with E-state index in [-0.39, 0.29) is 0 Å². The average Bonchev–Trinajstić information content (AvgIpc) is 3.05. The highest BCUT2D eigenvalue weighted by Crippen LogP contribution is 2.20. The summed E-state index contributed by atoms with van der Waals surface area (Å²) >= 11 is 0. The Morgan fingerprint density at radius 2 is 2.40 bits per heavy atom. The Morgan fingerprint density at radius 3 is 3.15 bits per heavy atom. The lowest BCUT2D eigenvalue weighted by Gasteiger charge is -2.20. The maximum absolute atomic E-state index is 9.40. The summed E-state index contributed by atoms with van der Waals surface area (Å²) in [5.41, 5.74) is 2.85. The molecule has 4 nitrogen and oxygen atoms in total. The highest BCUT2D eigenvalue weighted by Gasteiger charge is 2.18. The van der Waals surface area contributed by atoms with Crippen LogP contribution >= 0.6 is 0 Å². The summed E-state index contributed by atoms with van der Waals surface area (Å²) in [6.07, 6.45) is 6.70. The SMILES string of the molecule is CN(Cc1cn2ccccc2c1C#N)C[C@@H]1CCCO1. The first-order chi connectivity index (χ1) is 9.78. The van der Waals surface area contributed by atoms with Crippen molar-refractivity contribution in [2.24, 2.45) is 0 Å². The van der Waals surface area contributed by atoms with Gasteiger partial charge in [-0.2, -0.15) is 5.26 Å². The molecule has 0 unspecified atom stereocenters. The Hall–Kier alpha value is -1.83. The fourth-order valence-corrected chi connectivity index (χ4v) is 2.92. The quantitative estimate of drug-likeness (QED) is 0.856. The number of pyridine rings is 1. The topological polar surface area (TPSA) is 40.7 Å². The second-order valence-electron chi connectivity index (χ2n) is 5.47. The number of fused-ring (bicyclic) bond motifs is 1. The molecule has 0 amide bonds. The molecule has 0 aromatic carbocycles. The van der Waals surface area contributed by atoms with Gasteiger partial charge in [0.25, 0.3) is 0 Å². The van der Waals surface area contributed by atoms with E-state index in [1.165, 1.54) is 0 Å². The first kappa shape index (κ1) is 13.2. The molecule has 0 spiro atoms. The van der Waals surface area contributed by atoms with Crippen molar-refractivity contribution in [1.82, 2.24) is 9.30 Å². The second-order valence-corrected chi connectivity index (χ2v) is 5.47. The van der Waals surface area contributed by atoms with Crippen LogP contribution in [0.2, 0.25) is 0 Å². The molecule has 0 radical (unpaired) electrons. The normalized spacial score (nSPS) is 18.8. The average molecular weight is 269 g/mol. The number of nitrogens with zero attached hydrogens (tertiary/aromatic N) is 3. The molecule has 1 aliphatic rings. The van der Waals surface area contributed by atoms with E-state index in [1.54, 1.807) is 0 Å². The van der Waals surface area contributed by atoms with Gasteiger partial charge in [0, 0.05) is 37.7 Å². The van der Waals surface area contributed by atoms with Crippen molar-refractivity contribution < 1.29 is 4.74 Å². The van der Waals surface area contributed by atoms with Gasteiger partial charge >= 0.3 is 0 Å². The van der Waals surface area contributed by atoms with Crippen LogP contribution in [0.5, 0.6) is 0 Å². The zero-order valence-electron chi connectivity index (χ0n) is 11.7. The van der Waals surface area contributed by atoms with Gasteiger partial charge in [-0.25, -0.2) is 0 Å². The van der Waals surface area contributed by atoms with E-state index in [0.29, 0.717) is 6.10 Å². The third-order valence-electron chi connectivity index (χ3n) is 3.85. The van der Waals surface area contributed by atoms with Crippen LogP contribution in [0.25, 0.3) is 5.52 Å². The lowest BCUT2D eigenvalue weighted by Crippen LogP contribution is -2.28. The van der Waals surface area contributed by atoms with Gasteiger partial charge in [0.05, 0.1) is 17.2 Å². The first-order valence-electron chi connectivity index (χ1n) is 7.07. The predicted octanol–water partition coefficient (Wildman–Crippen LogP) is 2.42. The van der Waals surface area contributed by atoms with Gasteiger partial charge in [0.1, 0.15) is 6.07 Å². The molecule has 104 valence electrons. The molecule has 20 heavy (non-hydrogen) atoms. The highest BCUT2D eigenvalue weighted by atomic mass is 16.5. The van der Waals surface area contributed by atoms with Gasteiger partial charge in [0.15, 0.2) is 0 Å². The van der Waals surface area contributed by atoms with Gasteiger partial charge < -0.3 is 9.14 Å². The van der Waals surface area contributed by atoms with E-state index in [0.717, 1.165) is 49.2 Å². The largest absolute Gasteiger partial charge is 0.377 e. The fraction of sp³-hybridized carbons (Fsp3) is 0.438. The summed E-state index contributed by atoms with van der Waals surface area (Å²) in [7, 11) is 2.09. The minimum atomic E-state index is 0.350. The summed E-state index contributed by atoms with van der Waals surface area (Å²) in [5.74, 6) is 0. The van der Waals surface area contributed by atoms with Crippen LogP contribution in [-0.2, 0) is 11.3 Å². The third kappa shape index (κ3) is 2.55. The molecule has 1 atom stereocenters. The predicted molar refractivity (Wildman–Crippen MR) is 77.4 cm³/mol. The zero-order valence-corrected chi connectivity index (χ0v) is 11.7. The van der Waals surface area contributed by atoms with Crippen LogP contribution in [0.3, 0.4) is 0 Å². The fourth-order valence-electron chi connectivity index (χ4n) is 2.92. The maximum atomic E-state index is 9.40. The van der Waals surface area contributed by atoms with E-state index in [4.69, 9.17) is 4.74 Å². The van der Waals surface area contributed by atoms with Gasteiger partial charge in [-0.1, -0.05) is 6.07 Å².